The number of rotatable bonds is 1. The van der Waals surface area contributed by atoms with E-state index < -0.39 is 0 Å². The minimum atomic E-state index is -0.329. The second-order valence-electron chi connectivity index (χ2n) is 1.000. The van der Waals surface area contributed by atoms with Crippen molar-refractivity contribution in [2.75, 3.05) is 0 Å². The molecule has 52 valence electrons. The quantitative estimate of drug-likeness (QED) is 0.395. The van der Waals surface area contributed by atoms with Gasteiger partial charge in [0.25, 0.3) is 0 Å². The monoisotopic (exact) mass is 138 g/mol. The third kappa shape index (κ3) is 34.8. The Morgan fingerprint density at radius 2 is 2.00 bits per heavy atom. The van der Waals surface area contributed by atoms with Gasteiger partial charge in [-0.3, -0.25) is 4.79 Å². The summed E-state index contributed by atoms with van der Waals surface area (Å²) in [4.78, 5) is 9.75. The van der Waals surface area contributed by atoms with Crippen molar-refractivity contribution in [2.45, 2.75) is 6.92 Å². The molecule has 0 spiro atoms. The van der Waals surface area contributed by atoms with E-state index >= 15 is 0 Å². The fraction of sp³-hybridized carbons (Fsp3) is 0.167. The van der Waals surface area contributed by atoms with E-state index in [-0.39, 0.29) is 5.97 Å². The lowest BCUT2D eigenvalue weighted by molar-refractivity contribution is -0.135. The smallest absolute Gasteiger partial charge is 0.307 e. The van der Waals surface area contributed by atoms with Gasteiger partial charge in [0.05, 0.1) is 6.26 Å². The second kappa shape index (κ2) is 10.2. The lowest BCUT2D eigenvalue weighted by atomic mass is 10.8. The Morgan fingerprint density at radius 3 is 2.00 bits per heavy atom. The Morgan fingerprint density at radius 1 is 1.60 bits per heavy atom. The molecule has 0 aliphatic carbocycles. The molecular weight excluding hydrogens is 132 g/mol. The van der Waals surface area contributed by atoms with Gasteiger partial charge in [-0.15, -0.1) is 0 Å². The van der Waals surface area contributed by atoms with Gasteiger partial charge in [-0.05, 0) is 0 Å². The van der Waals surface area contributed by atoms with Crippen molar-refractivity contribution in [3.8, 4) is 12.1 Å². The summed E-state index contributed by atoms with van der Waals surface area (Å²) < 4.78 is 4.17. The number of nitrogens with zero attached hydrogens (tertiary/aromatic N) is 2. The Bertz CT molecular complexity index is 173. The van der Waals surface area contributed by atoms with E-state index in [0.29, 0.717) is 0 Å². The number of carbonyl (C=O) groups excluding carboxylic acids is 1. The summed E-state index contributed by atoms with van der Waals surface area (Å²) in [6.07, 6.45) is 1.10. The molecule has 0 bridgehead atoms. The normalized spacial score (nSPS) is 5.10. The average molecular weight is 138 g/mol. The third-order valence-electron chi connectivity index (χ3n) is 0.299. The maximum absolute atomic E-state index is 9.75. The summed E-state index contributed by atoms with van der Waals surface area (Å²) in [5, 5.41) is 14.5. The highest BCUT2D eigenvalue weighted by Gasteiger charge is 1.79. The van der Waals surface area contributed by atoms with Crippen molar-refractivity contribution in [1.82, 2.24) is 0 Å². The summed E-state index contributed by atoms with van der Waals surface area (Å²) >= 11 is 0. The number of ether oxygens (including phenoxy) is 1. The molecule has 0 amide bonds. The van der Waals surface area contributed by atoms with Crippen molar-refractivity contribution in [3.63, 3.8) is 0 Å². The van der Waals surface area contributed by atoms with Gasteiger partial charge in [0, 0.05) is 6.92 Å². The molecule has 4 nitrogen and oxygen atoms in total. The van der Waals surface area contributed by atoms with Crippen LogP contribution in [-0.2, 0) is 9.53 Å². The first-order valence-corrected chi connectivity index (χ1v) is 2.25. The SMILES string of the molecule is C=COC(C)=O.N#CC#N. The van der Waals surface area contributed by atoms with E-state index in [1.165, 1.54) is 19.1 Å². The number of esters is 1. The van der Waals surface area contributed by atoms with Gasteiger partial charge in [-0.1, -0.05) is 6.58 Å². The summed E-state index contributed by atoms with van der Waals surface area (Å²) in [7, 11) is 0. The molecule has 0 aromatic carbocycles. The first-order chi connectivity index (χ1) is 4.68. The van der Waals surface area contributed by atoms with Crippen LogP contribution in [0, 0.1) is 22.7 Å². The Balaban J connectivity index is 0. The van der Waals surface area contributed by atoms with Crippen molar-refractivity contribution in [1.29, 1.82) is 10.5 Å². The zero-order chi connectivity index (χ0) is 8.41. The molecule has 0 heterocycles. The van der Waals surface area contributed by atoms with Crippen LogP contribution in [0.15, 0.2) is 12.8 Å². The molecule has 0 aromatic rings. The lowest BCUT2D eigenvalue weighted by Crippen LogP contribution is -1.87. The number of hydrogen-bond donors (Lipinski definition) is 0. The van der Waals surface area contributed by atoms with Crippen LogP contribution in [0.5, 0.6) is 0 Å². The van der Waals surface area contributed by atoms with Gasteiger partial charge >= 0.3 is 5.97 Å². The largest absolute Gasteiger partial charge is 0.435 e. The highest BCUT2D eigenvalue weighted by atomic mass is 16.5. The van der Waals surface area contributed by atoms with Crippen LogP contribution in [0.1, 0.15) is 6.92 Å². The molecule has 0 saturated heterocycles. The molecule has 10 heavy (non-hydrogen) atoms. The van der Waals surface area contributed by atoms with Gasteiger partial charge in [-0.2, -0.15) is 10.5 Å². The molecule has 0 radical (unpaired) electrons. The predicted octanol–water partition coefficient (Wildman–Crippen LogP) is 0.727. The molecule has 0 rings (SSSR count). The molecule has 0 aromatic heterocycles. The summed E-state index contributed by atoms with van der Waals surface area (Å²) in [6.45, 7) is 4.48. The third-order valence-corrected chi connectivity index (χ3v) is 0.299. The average Bonchev–Trinajstić information content (AvgIpc) is 1.89. The first-order valence-electron chi connectivity index (χ1n) is 2.25. The Hall–Kier alpha value is -1.81. The van der Waals surface area contributed by atoms with E-state index in [1.54, 1.807) is 0 Å². The van der Waals surface area contributed by atoms with Crippen LogP contribution >= 0.6 is 0 Å². The van der Waals surface area contributed by atoms with Gasteiger partial charge < -0.3 is 4.74 Å². The minimum Gasteiger partial charge on any atom is -0.435 e. The van der Waals surface area contributed by atoms with Crippen molar-refractivity contribution < 1.29 is 9.53 Å². The van der Waals surface area contributed by atoms with Gasteiger partial charge in [0.1, 0.15) is 0 Å². The molecule has 0 unspecified atom stereocenters. The molecule has 0 fully saturated rings. The zero-order valence-corrected chi connectivity index (χ0v) is 5.50. The fourth-order valence-corrected chi connectivity index (χ4v) is 0.117. The Kier molecular flexibility index (Phi) is 11.3. The van der Waals surface area contributed by atoms with E-state index in [2.05, 4.69) is 11.3 Å². The highest BCUT2D eigenvalue weighted by Crippen LogP contribution is 1.70. The second-order valence-corrected chi connectivity index (χ2v) is 1.000. The summed E-state index contributed by atoms with van der Waals surface area (Å²) in [5.74, 6) is -0.329. The molecule has 0 aliphatic rings. The molecule has 4 heteroatoms. The topological polar surface area (TPSA) is 73.9 Å². The van der Waals surface area contributed by atoms with E-state index in [9.17, 15) is 4.79 Å². The van der Waals surface area contributed by atoms with Crippen LogP contribution in [0.2, 0.25) is 0 Å². The summed E-state index contributed by atoms with van der Waals surface area (Å²) in [6, 6.07) is 2.47. The van der Waals surface area contributed by atoms with Crippen LogP contribution in [0.3, 0.4) is 0 Å². The molecule has 0 saturated carbocycles. The standard InChI is InChI=1S/C4H6O2.C2N2/c1-3-6-4(2)5;3-1-2-4/h3H,1H2,2H3;. The van der Waals surface area contributed by atoms with E-state index in [4.69, 9.17) is 10.5 Å². The number of nitriles is 2. The predicted molar refractivity (Wildman–Crippen MR) is 33.2 cm³/mol. The molecular formula is C6H6N2O2. The van der Waals surface area contributed by atoms with Crippen molar-refractivity contribution >= 4 is 5.97 Å². The van der Waals surface area contributed by atoms with Crippen molar-refractivity contribution in [3.05, 3.63) is 12.8 Å². The Labute approximate surface area is 58.9 Å². The van der Waals surface area contributed by atoms with Crippen LogP contribution in [-0.4, -0.2) is 5.97 Å². The number of carbonyl (C=O) groups is 1. The molecule has 0 atom stereocenters. The molecule has 0 N–H and O–H groups in total. The molecule has 0 aliphatic heterocycles. The maximum Gasteiger partial charge on any atom is 0.307 e. The van der Waals surface area contributed by atoms with Crippen LogP contribution < -0.4 is 0 Å². The van der Waals surface area contributed by atoms with Gasteiger partial charge in [0.2, 0.25) is 0 Å². The fourth-order valence-electron chi connectivity index (χ4n) is 0.117. The first kappa shape index (κ1) is 11.0. The lowest BCUT2D eigenvalue weighted by Gasteiger charge is -1.83. The van der Waals surface area contributed by atoms with Gasteiger partial charge in [0.15, 0.2) is 12.1 Å². The van der Waals surface area contributed by atoms with E-state index in [1.807, 2.05) is 0 Å². The zero-order valence-electron chi connectivity index (χ0n) is 5.50. The van der Waals surface area contributed by atoms with Crippen LogP contribution in [0.25, 0.3) is 0 Å². The van der Waals surface area contributed by atoms with Crippen molar-refractivity contribution in [2.24, 2.45) is 0 Å². The summed E-state index contributed by atoms with van der Waals surface area (Å²) in [5.41, 5.74) is 0. The minimum absolute atomic E-state index is 0.329. The van der Waals surface area contributed by atoms with Gasteiger partial charge in [-0.25, -0.2) is 0 Å². The number of hydrogen-bond acceptors (Lipinski definition) is 4. The van der Waals surface area contributed by atoms with Crippen LogP contribution in [0.4, 0.5) is 0 Å². The highest BCUT2D eigenvalue weighted by molar-refractivity contribution is 5.66. The maximum atomic E-state index is 9.75. The van der Waals surface area contributed by atoms with E-state index in [0.717, 1.165) is 6.26 Å².